The number of hydrogen-bond donors (Lipinski definition) is 2. The molecule has 0 saturated carbocycles. The fourth-order valence-electron chi connectivity index (χ4n) is 2.09. The fraction of sp³-hybridized carbons (Fsp3) is 0.500. The molecule has 2 N–H and O–H groups in total. The molecule has 116 valence electrons. The van der Waals surface area contributed by atoms with Crippen LogP contribution in [0, 0.1) is 5.92 Å². The molecule has 0 fully saturated rings. The largest absolute Gasteiger partial charge is 0.339 e. The first kappa shape index (κ1) is 17.2. The summed E-state index contributed by atoms with van der Waals surface area (Å²) in [4.78, 5) is 25.4. The highest BCUT2D eigenvalue weighted by molar-refractivity contribution is 5.93. The van der Waals surface area contributed by atoms with Crippen LogP contribution in [0.3, 0.4) is 0 Å². The lowest BCUT2D eigenvalue weighted by Gasteiger charge is -2.21. The molecule has 1 aromatic carbocycles. The molecule has 0 aliphatic carbocycles. The van der Waals surface area contributed by atoms with Crippen LogP contribution < -0.4 is 10.6 Å². The van der Waals surface area contributed by atoms with Crippen molar-refractivity contribution in [1.82, 2.24) is 10.2 Å². The molecule has 5 heteroatoms. The van der Waals surface area contributed by atoms with Crippen LogP contribution in [0.15, 0.2) is 24.3 Å². The number of rotatable bonds is 7. The summed E-state index contributed by atoms with van der Waals surface area (Å²) < 4.78 is 0. The van der Waals surface area contributed by atoms with Gasteiger partial charge in [-0.05, 0) is 25.6 Å². The second-order valence-corrected chi connectivity index (χ2v) is 5.14. The maximum Gasteiger partial charge on any atom is 0.228 e. The fourth-order valence-corrected chi connectivity index (χ4v) is 2.09. The molecular weight excluding hydrogens is 266 g/mol. The van der Waals surface area contributed by atoms with E-state index in [9.17, 15) is 9.59 Å². The zero-order chi connectivity index (χ0) is 15.8. The molecule has 0 heterocycles. The van der Waals surface area contributed by atoms with Gasteiger partial charge in [-0.2, -0.15) is 0 Å². The van der Waals surface area contributed by atoms with E-state index in [2.05, 4.69) is 10.6 Å². The third-order valence-electron chi connectivity index (χ3n) is 3.42. The molecule has 0 aliphatic heterocycles. The molecule has 0 radical (unpaired) electrons. The van der Waals surface area contributed by atoms with Gasteiger partial charge in [0.05, 0.1) is 0 Å². The summed E-state index contributed by atoms with van der Waals surface area (Å²) in [6, 6.07) is 7.60. The minimum absolute atomic E-state index is 0.0253. The van der Waals surface area contributed by atoms with Gasteiger partial charge in [0.15, 0.2) is 0 Å². The molecule has 0 saturated heterocycles. The van der Waals surface area contributed by atoms with Gasteiger partial charge < -0.3 is 15.5 Å². The molecule has 0 aliphatic rings. The summed E-state index contributed by atoms with van der Waals surface area (Å²) in [6.45, 7) is 7.15. The van der Waals surface area contributed by atoms with Gasteiger partial charge in [-0.3, -0.25) is 9.59 Å². The first-order valence-corrected chi connectivity index (χ1v) is 7.28. The molecule has 0 spiro atoms. The Hall–Kier alpha value is -1.88. The minimum atomic E-state index is -0.113. The van der Waals surface area contributed by atoms with Crippen LogP contribution in [0.2, 0.25) is 0 Å². The number of carbonyl (C=O) groups excluding carboxylic acids is 2. The number of anilines is 1. The highest BCUT2D eigenvalue weighted by Gasteiger charge is 2.15. The van der Waals surface area contributed by atoms with E-state index in [0.717, 1.165) is 11.3 Å². The monoisotopic (exact) mass is 291 g/mol. The second kappa shape index (κ2) is 8.42. The molecule has 21 heavy (non-hydrogen) atoms. The number of para-hydroxylation sites is 1. The lowest BCUT2D eigenvalue weighted by molar-refractivity contribution is -0.129. The Balaban J connectivity index is 2.84. The summed E-state index contributed by atoms with van der Waals surface area (Å²) >= 11 is 0. The Bertz CT molecular complexity index is 488. The zero-order valence-corrected chi connectivity index (χ0v) is 13.3. The number of nitrogens with zero attached hydrogens (tertiary/aromatic N) is 1. The standard InChI is InChI=1S/C16H25N3O2/c1-5-19(13(3)20)11-14-8-6-7-9-15(14)18-16(21)12(2)10-17-4/h6-9,12,17H,5,10-11H2,1-4H3,(H,18,21). The summed E-state index contributed by atoms with van der Waals surface area (Å²) in [5.41, 5.74) is 1.71. The van der Waals surface area contributed by atoms with E-state index in [-0.39, 0.29) is 17.7 Å². The van der Waals surface area contributed by atoms with E-state index >= 15 is 0 Å². The Kier molecular flexibility index (Phi) is 6.88. The highest BCUT2D eigenvalue weighted by Crippen LogP contribution is 2.18. The summed E-state index contributed by atoms with van der Waals surface area (Å²) in [5.74, 6) is -0.108. The predicted molar refractivity (Wildman–Crippen MR) is 84.9 cm³/mol. The number of carbonyl (C=O) groups is 2. The van der Waals surface area contributed by atoms with Crippen molar-refractivity contribution in [2.45, 2.75) is 27.3 Å². The van der Waals surface area contributed by atoms with E-state index < -0.39 is 0 Å². The molecule has 1 unspecified atom stereocenters. The Morgan fingerprint density at radius 2 is 1.95 bits per heavy atom. The van der Waals surface area contributed by atoms with Crippen molar-refractivity contribution in [3.05, 3.63) is 29.8 Å². The average molecular weight is 291 g/mol. The Labute approximate surface area is 126 Å². The smallest absolute Gasteiger partial charge is 0.228 e. The minimum Gasteiger partial charge on any atom is -0.339 e. The number of nitrogens with one attached hydrogen (secondary N) is 2. The van der Waals surface area contributed by atoms with E-state index in [0.29, 0.717) is 19.6 Å². The SMILES string of the molecule is CCN(Cc1ccccc1NC(=O)C(C)CNC)C(C)=O. The van der Waals surface area contributed by atoms with Gasteiger partial charge in [-0.25, -0.2) is 0 Å². The van der Waals surface area contributed by atoms with Crippen LogP contribution in [0.25, 0.3) is 0 Å². The van der Waals surface area contributed by atoms with E-state index in [1.54, 1.807) is 11.8 Å². The van der Waals surface area contributed by atoms with Gasteiger partial charge in [-0.1, -0.05) is 25.1 Å². The average Bonchev–Trinajstić information content (AvgIpc) is 2.46. The first-order chi connectivity index (χ1) is 9.99. The van der Waals surface area contributed by atoms with Gasteiger partial charge in [0.25, 0.3) is 0 Å². The first-order valence-electron chi connectivity index (χ1n) is 7.28. The molecule has 1 atom stereocenters. The summed E-state index contributed by atoms with van der Waals surface area (Å²) in [6.07, 6.45) is 0. The molecule has 0 bridgehead atoms. The van der Waals surface area contributed by atoms with Gasteiger partial charge in [-0.15, -0.1) is 0 Å². The van der Waals surface area contributed by atoms with Gasteiger partial charge in [0.1, 0.15) is 0 Å². The van der Waals surface area contributed by atoms with E-state index in [1.165, 1.54) is 0 Å². The maximum absolute atomic E-state index is 12.1. The van der Waals surface area contributed by atoms with Gasteiger partial charge in [0.2, 0.25) is 11.8 Å². The van der Waals surface area contributed by atoms with Crippen LogP contribution in [0.1, 0.15) is 26.3 Å². The van der Waals surface area contributed by atoms with Crippen molar-refractivity contribution >= 4 is 17.5 Å². The van der Waals surface area contributed by atoms with Crippen LogP contribution in [-0.4, -0.2) is 36.9 Å². The van der Waals surface area contributed by atoms with Crippen molar-refractivity contribution in [3.63, 3.8) is 0 Å². The van der Waals surface area contributed by atoms with E-state index in [4.69, 9.17) is 0 Å². The third kappa shape index (κ3) is 5.19. The van der Waals surface area contributed by atoms with Crippen molar-refractivity contribution < 1.29 is 9.59 Å². The van der Waals surface area contributed by atoms with Crippen molar-refractivity contribution in [3.8, 4) is 0 Å². The highest BCUT2D eigenvalue weighted by atomic mass is 16.2. The maximum atomic E-state index is 12.1. The molecule has 0 aromatic heterocycles. The Morgan fingerprint density at radius 3 is 2.52 bits per heavy atom. The number of benzene rings is 1. The van der Waals surface area contributed by atoms with Crippen LogP contribution >= 0.6 is 0 Å². The van der Waals surface area contributed by atoms with Crippen molar-refractivity contribution in [2.75, 3.05) is 25.5 Å². The lowest BCUT2D eigenvalue weighted by Crippen LogP contribution is -2.30. The van der Waals surface area contributed by atoms with Gasteiger partial charge in [0, 0.05) is 38.2 Å². The summed E-state index contributed by atoms with van der Waals surface area (Å²) in [7, 11) is 1.82. The zero-order valence-electron chi connectivity index (χ0n) is 13.3. The lowest BCUT2D eigenvalue weighted by atomic mass is 10.1. The second-order valence-electron chi connectivity index (χ2n) is 5.14. The molecule has 1 rings (SSSR count). The molecule has 1 aromatic rings. The summed E-state index contributed by atoms with van der Waals surface area (Å²) in [5, 5.41) is 5.94. The van der Waals surface area contributed by atoms with Crippen LogP contribution in [-0.2, 0) is 16.1 Å². The van der Waals surface area contributed by atoms with Gasteiger partial charge >= 0.3 is 0 Å². The normalized spacial score (nSPS) is 11.8. The van der Waals surface area contributed by atoms with Crippen LogP contribution in [0.4, 0.5) is 5.69 Å². The van der Waals surface area contributed by atoms with Crippen LogP contribution in [0.5, 0.6) is 0 Å². The quantitative estimate of drug-likeness (QED) is 0.806. The Morgan fingerprint density at radius 1 is 1.29 bits per heavy atom. The number of amides is 2. The predicted octanol–water partition coefficient (Wildman–Crippen LogP) is 1.85. The molecule has 2 amide bonds. The topological polar surface area (TPSA) is 61.4 Å². The van der Waals surface area contributed by atoms with E-state index in [1.807, 2.05) is 45.2 Å². The third-order valence-corrected chi connectivity index (χ3v) is 3.42. The molecule has 5 nitrogen and oxygen atoms in total. The van der Waals surface area contributed by atoms with Crippen molar-refractivity contribution in [1.29, 1.82) is 0 Å². The molecular formula is C16H25N3O2. The number of hydrogen-bond acceptors (Lipinski definition) is 3. The van der Waals surface area contributed by atoms with Crippen molar-refractivity contribution in [2.24, 2.45) is 5.92 Å².